The van der Waals surface area contributed by atoms with Crippen LogP contribution in [0.25, 0.3) is 0 Å². The minimum absolute atomic E-state index is 0.0597. The molecular formula is C17H10F6N2O2. The van der Waals surface area contributed by atoms with E-state index < -0.39 is 53.0 Å². The molecule has 2 rings (SSSR count). The van der Waals surface area contributed by atoms with Crippen molar-refractivity contribution in [3.05, 3.63) is 52.8 Å². The number of benzene rings is 2. The molecule has 0 aliphatic heterocycles. The number of halogens is 6. The van der Waals surface area contributed by atoms with Gasteiger partial charge in [0.15, 0.2) is 17.4 Å². The van der Waals surface area contributed by atoms with Gasteiger partial charge in [0.1, 0.15) is 18.0 Å². The number of amides is 1. The van der Waals surface area contributed by atoms with Crippen LogP contribution in [0.1, 0.15) is 17.5 Å². The van der Waals surface area contributed by atoms with Crippen LogP contribution in [-0.2, 0) is 11.0 Å². The number of aryl methyl sites for hydroxylation is 1. The van der Waals surface area contributed by atoms with Crippen LogP contribution in [-0.4, -0.2) is 5.91 Å². The number of hydrogen-bond donors (Lipinski definition) is 1. The first-order valence-corrected chi connectivity index (χ1v) is 7.24. The molecule has 0 bridgehead atoms. The SMILES string of the molecule is Cc1cc(F)c(NC(=O)CC#N)cc1Oc1c(F)cc(C(F)(F)F)cc1F. The highest BCUT2D eigenvalue weighted by molar-refractivity contribution is 5.92. The molecule has 0 radical (unpaired) electrons. The highest BCUT2D eigenvalue weighted by Gasteiger charge is 2.33. The van der Waals surface area contributed by atoms with Crippen LogP contribution in [0.3, 0.4) is 0 Å². The topological polar surface area (TPSA) is 62.1 Å². The molecule has 0 aliphatic rings. The van der Waals surface area contributed by atoms with Gasteiger partial charge < -0.3 is 10.1 Å². The number of rotatable bonds is 4. The van der Waals surface area contributed by atoms with Gasteiger partial charge in [0.05, 0.1) is 17.3 Å². The molecule has 2 aromatic carbocycles. The van der Waals surface area contributed by atoms with Gasteiger partial charge in [-0.05, 0) is 30.7 Å². The van der Waals surface area contributed by atoms with Crippen LogP contribution in [0.2, 0.25) is 0 Å². The number of anilines is 1. The molecule has 0 unspecified atom stereocenters. The number of carbonyl (C=O) groups is 1. The van der Waals surface area contributed by atoms with E-state index in [1.807, 2.05) is 0 Å². The van der Waals surface area contributed by atoms with Gasteiger partial charge in [-0.15, -0.1) is 0 Å². The first kappa shape index (κ1) is 20.1. The van der Waals surface area contributed by atoms with E-state index in [2.05, 4.69) is 5.32 Å². The van der Waals surface area contributed by atoms with Crippen LogP contribution in [0, 0.1) is 35.7 Å². The second kappa shape index (κ2) is 7.57. The average Bonchev–Trinajstić information content (AvgIpc) is 2.53. The van der Waals surface area contributed by atoms with E-state index in [0.29, 0.717) is 0 Å². The third-order valence-corrected chi connectivity index (χ3v) is 3.32. The molecule has 142 valence electrons. The van der Waals surface area contributed by atoms with Crippen molar-refractivity contribution >= 4 is 11.6 Å². The van der Waals surface area contributed by atoms with Crippen molar-refractivity contribution in [2.45, 2.75) is 19.5 Å². The first-order valence-electron chi connectivity index (χ1n) is 7.24. The number of alkyl halides is 3. The number of nitriles is 1. The summed E-state index contributed by atoms with van der Waals surface area (Å²) in [7, 11) is 0. The fourth-order valence-electron chi connectivity index (χ4n) is 2.06. The lowest BCUT2D eigenvalue weighted by Gasteiger charge is -2.14. The second-order valence-corrected chi connectivity index (χ2v) is 5.35. The highest BCUT2D eigenvalue weighted by Crippen LogP contribution is 2.37. The number of ether oxygens (including phenoxy) is 1. The third kappa shape index (κ3) is 4.69. The van der Waals surface area contributed by atoms with E-state index in [1.165, 1.54) is 6.92 Å². The number of carbonyl (C=O) groups excluding carboxylic acids is 1. The van der Waals surface area contributed by atoms with Crippen LogP contribution in [0.5, 0.6) is 11.5 Å². The van der Waals surface area contributed by atoms with E-state index in [9.17, 15) is 31.1 Å². The summed E-state index contributed by atoms with van der Waals surface area (Å²) in [5, 5.41) is 10.5. The lowest BCUT2D eigenvalue weighted by molar-refractivity contribution is -0.138. The highest BCUT2D eigenvalue weighted by atomic mass is 19.4. The Morgan fingerprint density at radius 2 is 1.70 bits per heavy atom. The zero-order valence-corrected chi connectivity index (χ0v) is 13.5. The Hall–Kier alpha value is -3.22. The molecule has 10 heteroatoms. The molecule has 0 atom stereocenters. The van der Waals surface area contributed by atoms with Gasteiger partial charge in [-0.1, -0.05) is 0 Å². The maximum Gasteiger partial charge on any atom is 0.416 e. The quantitative estimate of drug-likeness (QED) is 0.744. The standard InChI is InChI=1S/C17H10F6N2O2/c1-8-4-10(18)13(25-15(26)2-3-24)7-14(8)27-16-11(19)5-9(6-12(16)20)17(21,22)23/h4-7H,2H2,1H3,(H,25,26). The smallest absolute Gasteiger partial charge is 0.416 e. The summed E-state index contributed by atoms with van der Waals surface area (Å²) in [5.74, 6) is -6.38. The summed E-state index contributed by atoms with van der Waals surface area (Å²) in [6.45, 7) is 1.32. The van der Waals surface area contributed by atoms with E-state index >= 15 is 0 Å². The van der Waals surface area contributed by atoms with E-state index in [4.69, 9.17) is 10.00 Å². The zero-order chi connectivity index (χ0) is 20.4. The molecule has 0 spiro atoms. The van der Waals surface area contributed by atoms with Crippen molar-refractivity contribution in [2.24, 2.45) is 0 Å². The van der Waals surface area contributed by atoms with E-state index in [1.54, 1.807) is 6.07 Å². The lowest BCUT2D eigenvalue weighted by Crippen LogP contribution is -2.12. The van der Waals surface area contributed by atoms with Crippen molar-refractivity contribution in [3.8, 4) is 17.6 Å². The minimum Gasteiger partial charge on any atom is -0.451 e. The summed E-state index contributed by atoms with van der Waals surface area (Å²) >= 11 is 0. The van der Waals surface area contributed by atoms with Crippen LogP contribution in [0.4, 0.5) is 32.0 Å². The Morgan fingerprint density at radius 1 is 1.11 bits per heavy atom. The number of nitrogens with zero attached hydrogens (tertiary/aromatic N) is 1. The molecule has 0 saturated heterocycles. The Bertz CT molecular complexity index is 911. The Labute approximate surface area is 149 Å². The predicted molar refractivity (Wildman–Crippen MR) is 81.4 cm³/mol. The summed E-state index contributed by atoms with van der Waals surface area (Å²) in [4.78, 5) is 11.4. The van der Waals surface area contributed by atoms with Gasteiger partial charge in [-0.3, -0.25) is 4.79 Å². The van der Waals surface area contributed by atoms with Gasteiger partial charge in [0.2, 0.25) is 5.91 Å². The summed E-state index contributed by atoms with van der Waals surface area (Å²) in [5.41, 5.74) is -1.90. The molecule has 0 fully saturated rings. The minimum atomic E-state index is -4.95. The Balaban J connectivity index is 2.40. The molecule has 0 aromatic heterocycles. The summed E-state index contributed by atoms with van der Waals surface area (Å²) in [6, 6.07) is 3.46. The molecule has 1 amide bonds. The van der Waals surface area contributed by atoms with Crippen molar-refractivity contribution < 1.29 is 35.9 Å². The second-order valence-electron chi connectivity index (χ2n) is 5.35. The van der Waals surface area contributed by atoms with Gasteiger partial charge in [-0.2, -0.15) is 18.4 Å². The maximum absolute atomic E-state index is 13.9. The van der Waals surface area contributed by atoms with Crippen LogP contribution >= 0.6 is 0 Å². The summed E-state index contributed by atoms with van der Waals surface area (Å²) in [6.07, 6.45) is -5.52. The zero-order valence-electron chi connectivity index (χ0n) is 13.5. The lowest BCUT2D eigenvalue weighted by atomic mass is 10.1. The van der Waals surface area contributed by atoms with Gasteiger partial charge >= 0.3 is 6.18 Å². The predicted octanol–water partition coefficient (Wildman–Crippen LogP) is 5.08. The monoisotopic (exact) mass is 388 g/mol. The van der Waals surface area contributed by atoms with Crippen LogP contribution in [0.15, 0.2) is 24.3 Å². The van der Waals surface area contributed by atoms with Crippen molar-refractivity contribution in [2.75, 3.05) is 5.32 Å². The Morgan fingerprint density at radius 3 is 2.22 bits per heavy atom. The van der Waals surface area contributed by atoms with Crippen molar-refractivity contribution in [1.29, 1.82) is 5.26 Å². The molecule has 27 heavy (non-hydrogen) atoms. The maximum atomic E-state index is 13.9. The molecule has 2 aromatic rings. The molecule has 0 saturated carbocycles. The molecule has 4 nitrogen and oxygen atoms in total. The van der Waals surface area contributed by atoms with E-state index in [-0.39, 0.29) is 23.4 Å². The van der Waals surface area contributed by atoms with Crippen molar-refractivity contribution in [1.82, 2.24) is 0 Å². The fourth-order valence-corrected chi connectivity index (χ4v) is 2.06. The van der Waals surface area contributed by atoms with Gasteiger partial charge in [-0.25, -0.2) is 13.2 Å². The summed E-state index contributed by atoms with van der Waals surface area (Å²) < 4.78 is 84.4. The largest absolute Gasteiger partial charge is 0.451 e. The fraction of sp³-hybridized carbons (Fsp3) is 0.176. The molecule has 1 N–H and O–H groups in total. The molecule has 0 heterocycles. The van der Waals surface area contributed by atoms with Gasteiger partial charge in [0, 0.05) is 6.07 Å². The van der Waals surface area contributed by atoms with Gasteiger partial charge in [0.25, 0.3) is 0 Å². The Kier molecular flexibility index (Phi) is 5.64. The average molecular weight is 388 g/mol. The third-order valence-electron chi connectivity index (χ3n) is 3.32. The molecule has 0 aliphatic carbocycles. The van der Waals surface area contributed by atoms with Crippen LogP contribution < -0.4 is 10.1 Å². The number of hydrogen-bond acceptors (Lipinski definition) is 3. The van der Waals surface area contributed by atoms with Crippen molar-refractivity contribution in [3.63, 3.8) is 0 Å². The molecular weight excluding hydrogens is 378 g/mol. The number of nitrogens with one attached hydrogen (secondary N) is 1. The van der Waals surface area contributed by atoms with E-state index in [0.717, 1.165) is 12.1 Å². The normalized spacial score (nSPS) is 11.0. The first-order chi connectivity index (χ1) is 12.5.